The summed E-state index contributed by atoms with van der Waals surface area (Å²) in [5.74, 6) is 0.480. The molecule has 94 valence electrons. The summed E-state index contributed by atoms with van der Waals surface area (Å²) in [6.45, 7) is 9.31. The minimum absolute atomic E-state index is 0.0428. The molecule has 3 heteroatoms. The normalized spacial score (nSPS) is 11.6. The number of rotatable bonds is 4. The Morgan fingerprint density at radius 3 is 2.29 bits per heavy atom. The van der Waals surface area contributed by atoms with E-state index in [1.807, 2.05) is 0 Å². The molecular weight excluding hydrogens is 212 g/mol. The van der Waals surface area contributed by atoms with Gasteiger partial charge in [-0.25, -0.2) is 0 Å². The van der Waals surface area contributed by atoms with Crippen LogP contribution in [0.3, 0.4) is 0 Å². The summed E-state index contributed by atoms with van der Waals surface area (Å²) in [7, 11) is 0. The predicted molar refractivity (Wildman–Crippen MR) is 71.8 cm³/mol. The van der Waals surface area contributed by atoms with Crippen LogP contribution in [0.1, 0.15) is 38.1 Å². The third-order valence-electron chi connectivity index (χ3n) is 3.44. The lowest BCUT2D eigenvalue weighted by molar-refractivity contribution is 0.0925. The second kappa shape index (κ2) is 5.21. The molecule has 17 heavy (non-hydrogen) atoms. The highest BCUT2D eigenvalue weighted by Gasteiger charge is 2.22. The van der Waals surface area contributed by atoms with Gasteiger partial charge in [-0.15, -0.1) is 0 Å². The molecule has 0 saturated heterocycles. The van der Waals surface area contributed by atoms with Crippen LogP contribution in [0, 0.1) is 11.3 Å². The van der Waals surface area contributed by atoms with Crippen molar-refractivity contribution in [2.45, 2.75) is 27.7 Å². The third-order valence-corrected chi connectivity index (χ3v) is 3.44. The van der Waals surface area contributed by atoms with Gasteiger partial charge in [0.25, 0.3) is 5.91 Å². The van der Waals surface area contributed by atoms with E-state index in [1.54, 1.807) is 24.3 Å². The van der Waals surface area contributed by atoms with Gasteiger partial charge in [-0.2, -0.15) is 0 Å². The highest BCUT2D eigenvalue weighted by atomic mass is 16.1. The van der Waals surface area contributed by atoms with E-state index >= 15 is 0 Å². The van der Waals surface area contributed by atoms with Crippen LogP contribution >= 0.6 is 0 Å². The van der Waals surface area contributed by atoms with E-state index in [4.69, 9.17) is 5.73 Å². The number of nitrogens with two attached hydrogens (primary N) is 1. The Kier molecular flexibility index (Phi) is 4.16. The smallest absolute Gasteiger partial charge is 0.251 e. The molecule has 0 aliphatic heterocycles. The molecule has 0 aromatic heterocycles. The zero-order chi connectivity index (χ0) is 13.1. The lowest BCUT2D eigenvalue weighted by atomic mass is 9.81. The molecule has 0 radical (unpaired) electrons. The number of nitrogen functional groups attached to an aromatic ring is 1. The van der Waals surface area contributed by atoms with Crippen molar-refractivity contribution >= 4 is 11.6 Å². The second-order valence-corrected chi connectivity index (χ2v) is 5.45. The Labute approximate surface area is 103 Å². The average molecular weight is 234 g/mol. The van der Waals surface area contributed by atoms with Gasteiger partial charge < -0.3 is 11.1 Å². The van der Waals surface area contributed by atoms with Crippen LogP contribution in [-0.4, -0.2) is 12.5 Å². The monoisotopic (exact) mass is 234 g/mol. The number of carbonyl (C=O) groups is 1. The topological polar surface area (TPSA) is 55.1 Å². The maximum Gasteiger partial charge on any atom is 0.251 e. The Hall–Kier alpha value is -1.51. The molecule has 1 rings (SSSR count). The van der Waals surface area contributed by atoms with Gasteiger partial charge in [-0.3, -0.25) is 4.79 Å². The van der Waals surface area contributed by atoms with Gasteiger partial charge in [0.1, 0.15) is 0 Å². The zero-order valence-electron chi connectivity index (χ0n) is 11.1. The first-order valence-corrected chi connectivity index (χ1v) is 5.96. The summed E-state index contributed by atoms with van der Waals surface area (Å²) >= 11 is 0. The molecule has 3 N–H and O–H groups in total. The first-order chi connectivity index (χ1) is 7.83. The van der Waals surface area contributed by atoms with E-state index in [1.165, 1.54) is 0 Å². The summed E-state index contributed by atoms with van der Waals surface area (Å²) in [4.78, 5) is 11.9. The summed E-state index contributed by atoms with van der Waals surface area (Å²) < 4.78 is 0. The summed E-state index contributed by atoms with van der Waals surface area (Å²) in [5.41, 5.74) is 7.00. The van der Waals surface area contributed by atoms with Crippen LogP contribution in [0.15, 0.2) is 24.3 Å². The minimum Gasteiger partial charge on any atom is -0.399 e. The van der Waals surface area contributed by atoms with E-state index in [-0.39, 0.29) is 11.3 Å². The fraction of sp³-hybridized carbons (Fsp3) is 0.500. The number of carbonyl (C=O) groups excluding carboxylic acids is 1. The van der Waals surface area contributed by atoms with Gasteiger partial charge in [-0.05, 0) is 35.6 Å². The summed E-state index contributed by atoms with van der Waals surface area (Å²) in [6, 6.07) is 6.96. The predicted octanol–water partition coefficient (Wildman–Crippen LogP) is 2.68. The maximum absolute atomic E-state index is 11.9. The van der Waals surface area contributed by atoms with Gasteiger partial charge in [0.05, 0.1) is 0 Å². The van der Waals surface area contributed by atoms with Crippen molar-refractivity contribution in [3.05, 3.63) is 29.8 Å². The summed E-state index contributed by atoms with van der Waals surface area (Å²) in [6.07, 6.45) is 0. The first kappa shape index (κ1) is 13.6. The molecule has 0 aliphatic carbocycles. The van der Waals surface area contributed by atoms with Crippen LogP contribution in [0.2, 0.25) is 0 Å². The van der Waals surface area contributed by atoms with E-state index in [2.05, 4.69) is 33.0 Å². The fourth-order valence-corrected chi connectivity index (χ4v) is 1.25. The third kappa shape index (κ3) is 3.77. The van der Waals surface area contributed by atoms with Crippen molar-refractivity contribution in [2.75, 3.05) is 12.3 Å². The van der Waals surface area contributed by atoms with Crippen molar-refractivity contribution in [3.8, 4) is 0 Å². The number of hydrogen-bond donors (Lipinski definition) is 2. The molecule has 0 atom stereocenters. The van der Waals surface area contributed by atoms with Crippen LogP contribution in [0.5, 0.6) is 0 Å². The Morgan fingerprint density at radius 2 is 1.82 bits per heavy atom. The summed E-state index contributed by atoms with van der Waals surface area (Å²) in [5, 5.41) is 2.96. The highest BCUT2D eigenvalue weighted by molar-refractivity contribution is 5.94. The average Bonchev–Trinajstić information content (AvgIpc) is 2.27. The molecule has 0 saturated carbocycles. The van der Waals surface area contributed by atoms with Crippen LogP contribution in [0.4, 0.5) is 5.69 Å². The Morgan fingerprint density at radius 1 is 1.29 bits per heavy atom. The molecule has 3 nitrogen and oxygen atoms in total. The van der Waals surface area contributed by atoms with Gasteiger partial charge in [0, 0.05) is 17.8 Å². The minimum atomic E-state index is -0.0428. The van der Waals surface area contributed by atoms with E-state index in [0.717, 1.165) is 0 Å². The lowest BCUT2D eigenvalue weighted by Crippen LogP contribution is -2.36. The standard InChI is InChI=1S/C14H22N2O/c1-10(2)14(3,4)9-16-13(17)11-5-7-12(15)8-6-11/h5-8,10H,9,15H2,1-4H3,(H,16,17). The maximum atomic E-state index is 11.9. The number of hydrogen-bond acceptors (Lipinski definition) is 2. The molecule has 0 bridgehead atoms. The number of anilines is 1. The van der Waals surface area contributed by atoms with Crippen LogP contribution in [-0.2, 0) is 0 Å². The van der Waals surface area contributed by atoms with Crippen molar-refractivity contribution in [1.29, 1.82) is 0 Å². The van der Waals surface area contributed by atoms with Crippen LogP contribution < -0.4 is 11.1 Å². The molecule has 1 aromatic carbocycles. The van der Waals surface area contributed by atoms with Gasteiger partial charge in [-0.1, -0.05) is 27.7 Å². The number of benzene rings is 1. The quantitative estimate of drug-likeness (QED) is 0.787. The zero-order valence-corrected chi connectivity index (χ0v) is 11.1. The van der Waals surface area contributed by atoms with E-state index < -0.39 is 0 Å². The Balaban J connectivity index is 2.59. The molecule has 0 aliphatic rings. The molecule has 1 aromatic rings. The van der Waals surface area contributed by atoms with Crippen molar-refractivity contribution < 1.29 is 4.79 Å². The molecule has 0 heterocycles. The van der Waals surface area contributed by atoms with Crippen molar-refractivity contribution in [1.82, 2.24) is 5.32 Å². The number of nitrogens with one attached hydrogen (secondary N) is 1. The molecule has 0 unspecified atom stereocenters. The molecule has 1 amide bonds. The van der Waals surface area contributed by atoms with Crippen molar-refractivity contribution in [3.63, 3.8) is 0 Å². The van der Waals surface area contributed by atoms with Gasteiger partial charge >= 0.3 is 0 Å². The number of amides is 1. The van der Waals surface area contributed by atoms with Crippen molar-refractivity contribution in [2.24, 2.45) is 11.3 Å². The second-order valence-electron chi connectivity index (χ2n) is 5.45. The van der Waals surface area contributed by atoms with E-state index in [9.17, 15) is 4.79 Å². The largest absolute Gasteiger partial charge is 0.399 e. The Bertz CT molecular complexity index is 380. The van der Waals surface area contributed by atoms with E-state index in [0.29, 0.717) is 23.7 Å². The first-order valence-electron chi connectivity index (χ1n) is 5.96. The fourth-order valence-electron chi connectivity index (χ4n) is 1.25. The van der Waals surface area contributed by atoms with Gasteiger partial charge in [0.2, 0.25) is 0 Å². The molecular formula is C14H22N2O. The lowest BCUT2D eigenvalue weighted by Gasteiger charge is -2.29. The molecule has 0 fully saturated rings. The van der Waals surface area contributed by atoms with Crippen LogP contribution in [0.25, 0.3) is 0 Å². The highest BCUT2D eigenvalue weighted by Crippen LogP contribution is 2.24. The SMILES string of the molecule is CC(C)C(C)(C)CNC(=O)c1ccc(N)cc1. The van der Waals surface area contributed by atoms with Gasteiger partial charge in [0.15, 0.2) is 0 Å². The molecule has 0 spiro atoms.